The molecule has 1 fully saturated rings. The highest BCUT2D eigenvalue weighted by Gasteiger charge is 2.30. The first kappa shape index (κ1) is 18.1. The summed E-state index contributed by atoms with van der Waals surface area (Å²) in [6, 6.07) is 4.95. The summed E-state index contributed by atoms with van der Waals surface area (Å²) in [4.78, 5) is 17.3. The van der Waals surface area contributed by atoms with Gasteiger partial charge in [0, 0.05) is 17.3 Å². The molecule has 0 saturated carbocycles. The van der Waals surface area contributed by atoms with Crippen LogP contribution in [0.15, 0.2) is 36.7 Å². The summed E-state index contributed by atoms with van der Waals surface area (Å²) in [7, 11) is -1.99. The van der Waals surface area contributed by atoms with Crippen LogP contribution in [-0.4, -0.2) is 62.3 Å². The van der Waals surface area contributed by atoms with E-state index >= 15 is 0 Å². The van der Waals surface area contributed by atoms with Gasteiger partial charge in [-0.3, -0.25) is 0 Å². The molecule has 1 aromatic carbocycles. The number of hydrogen-bond acceptors (Lipinski definition) is 6. The lowest BCUT2D eigenvalue weighted by atomic mass is 10.2. The number of nitrogens with one attached hydrogen (secondary N) is 1. The first-order chi connectivity index (χ1) is 13.4. The highest BCUT2D eigenvalue weighted by Crippen LogP contribution is 2.23. The van der Waals surface area contributed by atoms with Crippen LogP contribution in [0.4, 0.5) is 19.3 Å². The molecule has 3 N–H and O–H groups in total. The Hall–Kier alpha value is -3.25. The van der Waals surface area contributed by atoms with Crippen molar-refractivity contribution < 1.29 is 28.3 Å². The minimum absolute atomic E-state index is 0.0308. The fourth-order valence-electron chi connectivity index (χ4n) is 2.76. The third kappa shape index (κ3) is 3.59. The molecule has 144 valence electrons. The normalized spacial score (nSPS) is 14.1. The van der Waals surface area contributed by atoms with Gasteiger partial charge in [0.1, 0.15) is 23.4 Å². The molecule has 1 saturated heterocycles. The maximum absolute atomic E-state index is 14.3. The molecule has 3 aromatic rings. The Kier molecular flexibility index (Phi) is 4.57. The van der Waals surface area contributed by atoms with Gasteiger partial charge in [0.25, 0.3) is 0 Å². The van der Waals surface area contributed by atoms with Crippen LogP contribution in [0.25, 0.3) is 16.7 Å². The largest absolute Gasteiger partial charge is 0.707 e. The molecule has 2 aromatic heterocycles. The van der Waals surface area contributed by atoms with Crippen molar-refractivity contribution in [1.82, 2.24) is 19.7 Å². The van der Waals surface area contributed by atoms with Crippen LogP contribution < -0.4 is 9.97 Å². The Bertz CT molecular complexity index is 1040. The third-order valence-electron chi connectivity index (χ3n) is 4.14. The molecule has 0 unspecified atom stereocenters. The summed E-state index contributed by atoms with van der Waals surface area (Å²) in [5, 5.41) is 24.9. The van der Waals surface area contributed by atoms with E-state index in [0.717, 1.165) is 0 Å². The van der Waals surface area contributed by atoms with E-state index in [1.54, 1.807) is 0 Å². The highest BCUT2D eigenvalue weighted by atomic mass is 19.1. The van der Waals surface area contributed by atoms with Gasteiger partial charge in [-0.25, -0.2) is 23.2 Å². The summed E-state index contributed by atoms with van der Waals surface area (Å²) >= 11 is 0. The Morgan fingerprint density at radius 2 is 2.11 bits per heavy atom. The second-order valence-corrected chi connectivity index (χ2v) is 6.20. The van der Waals surface area contributed by atoms with Crippen molar-refractivity contribution in [1.29, 1.82) is 0 Å². The Morgan fingerprint density at radius 1 is 1.32 bits per heavy atom. The van der Waals surface area contributed by atoms with Gasteiger partial charge < -0.3 is 24.9 Å². The van der Waals surface area contributed by atoms with Crippen molar-refractivity contribution in [3.63, 3.8) is 0 Å². The van der Waals surface area contributed by atoms with Gasteiger partial charge in [-0.15, -0.1) is 5.10 Å². The Morgan fingerprint density at radius 3 is 2.82 bits per heavy atom. The molecule has 1 aliphatic heterocycles. The number of benzene rings is 1. The van der Waals surface area contributed by atoms with Crippen LogP contribution >= 0.6 is 0 Å². The minimum Gasteiger partial charge on any atom is -0.511 e. The Labute approximate surface area is 157 Å². The molecule has 4 rings (SSSR count). The number of alkyl halides is 1. The summed E-state index contributed by atoms with van der Waals surface area (Å²) in [6.07, 6.45) is 1.71. The van der Waals surface area contributed by atoms with Crippen molar-refractivity contribution in [3.8, 4) is 11.4 Å². The Balaban J connectivity index is 1.60. The molecule has 0 radical (unpaired) electrons. The quantitative estimate of drug-likeness (QED) is 0.576. The van der Waals surface area contributed by atoms with Gasteiger partial charge in [0.15, 0.2) is 5.65 Å². The molecule has 9 nitrogen and oxygen atoms in total. The smallest absolute Gasteiger partial charge is 0.511 e. The number of aromatic nitrogens is 3. The highest BCUT2D eigenvalue weighted by molar-refractivity contribution is 6.33. The van der Waals surface area contributed by atoms with E-state index in [0.29, 0.717) is 11.1 Å². The lowest BCUT2D eigenvalue weighted by Gasteiger charge is -2.34. The van der Waals surface area contributed by atoms with Crippen LogP contribution in [-0.2, 0) is 0 Å². The lowest BCUT2D eigenvalue weighted by molar-refractivity contribution is 0.0974. The van der Waals surface area contributed by atoms with E-state index in [1.807, 2.05) is 0 Å². The molecular formula is C16H14BF2N5O4. The average Bonchev–Trinajstić information content (AvgIpc) is 3.03. The van der Waals surface area contributed by atoms with Gasteiger partial charge in [0.2, 0.25) is 0 Å². The standard InChI is InChI=1S/C16H14BF2N5O4/c18-10-7-23(8-10)16(25)21-11-1-2-13(19)14(4-11)24-6-9-3-12(28-17(26)27)5-20-15(9)22-24/h1-6,10,26-27H,7-8H2,(H,21,25). The molecule has 1 aliphatic rings. The monoisotopic (exact) mass is 389 g/mol. The fourth-order valence-corrected chi connectivity index (χ4v) is 2.76. The van der Waals surface area contributed by atoms with Gasteiger partial charge in [-0.05, 0) is 24.3 Å². The number of halogens is 2. The van der Waals surface area contributed by atoms with E-state index in [4.69, 9.17) is 14.7 Å². The van der Waals surface area contributed by atoms with Crippen molar-refractivity contribution in [2.24, 2.45) is 0 Å². The summed E-state index contributed by atoms with van der Waals surface area (Å²) in [5.41, 5.74) is 0.666. The van der Waals surface area contributed by atoms with Crippen LogP contribution in [0.3, 0.4) is 0 Å². The van der Waals surface area contributed by atoms with Gasteiger partial charge in [-0.1, -0.05) is 0 Å². The first-order valence-corrected chi connectivity index (χ1v) is 8.27. The molecule has 0 bridgehead atoms. The van der Waals surface area contributed by atoms with E-state index in [1.165, 1.54) is 46.2 Å². The lowest BCUT2D eigenvalue weighted by Crippen LogP contribution is -2.53. The number of fused-ring (bicyclic) bond motifs is 1. The van der Waals surface area contributed by atoms with E-state index < -0.39 is 25.3 Å². The van der Waals surface area contributed by atoms with Gasteiger partial charge in [-0.2, -0.15) is 0 Å². The zero-order valence-electron chi connectivity index (χ0n) is 14.3. The zero-order chi connectivity index (χ0) is 19.8. The number of pyridine rings is 1. The van der Waals surface area contributed by atoms with Crippen LogP contribution in [0.2, 0.25) is 0 Å². The molecular weight excluding hydrogens is 375 g/mol. The molecule has 2 amide bonds. The first-order valence-electron chi connectivity index (χ1n) is 8.27. The number of carbonyl (C=O) groups is 1. The average molecular weight is 389 g/mol. The number of likely N-dealkylation sites (tertiary alicyclic amines) is 1. The second-order valence-electron chi connectivity index (χ2n) is 6.20. The minimum atomic E-state index is -1.99. The number of anilines is 1. The SMILES string of the molecule is O=C(Nc1ccc(F)c(-n2cc3cc(OB(O)O)cnc3n2)c1)N1CC(F)C1. The van der Waals surface area contributed by atoms with E-state index in [-0.39, 0.29) is 30.2 Å². The summed E-state index contributed by atoms with van der Waals surface area (Å²) < 4.78 is 33.2. The second kappa shape index (κ2) is 7.05. The number of hydrogen-bond donors (Lipinski definition) is 3. The van der Waals surface area contributed by atoms with Gasteiger partial charge >= 0.3 is 13.4 Å². The van der Waals surface area contributed by atoms with Crippen molar-refractivity contribution in [3.05, 3.63) is 42.5 Å². The summed E-state index contributed by atoms with van der Waals surface area (Å²) in [5.74, 6) is -0.481. The third-order valence-corrected chi connectivity index (χ3v) is 4.14. The topological polar surface area (TPSA) is 113 Å². The van der Waals surface area contributed by atoms with Crippen molar-refractivity contribution >= 4 is 30.1 Å². The molecule has 12 heteroatoms. The predicted octanol–water partition coefficient (Wildman–Crippen LogP) is 1.09. The molecule has 0 atom stereocenters. The fraction of sp³-hybridized carbons (Fsp3) is 0.188. The van der Waals surface area contributed by atoms with Crippen molar-refractivity contribution in [2.75, 3.05) is 18.4 Å². The van der Waals surface area contributed by atoms with Gasteiger partial charge in [0.05, 0.1) is 19.3 Å². The number of rotatable bonds is 4. The maximum atomic E-state index is 14.3. The number of nitrogens with zero attached hydrogens (tertiary/aromatic N) is 4. The molecule has 0 aliphatic carbocycles. The van der Waals surface area contributed by atoms with E-state index in [2.05, 4.69) is 15.4 Å². The molecule has 0 spiro atoms. The number of amides is 2. The van der Waals surface area contributed by atoms with E-state index in [9.17, 15) is 13.6 Å². The predicted molar refractivity (Wildman–Crippen MR) is 95.1 cm³/mol. The summed E-state index contributed by atoms with van der Waals surface area (Å²) in [6.45, 7) is 0.0616. The molecule has 28 heavy (non-hydrogen) atoms. The zero-order valence-corrected chi connectivity index (χ0v) is 14.3. The number of urea groups is 1. The number of carbonyl (C=O) groups excluding carboxylic acids is 1. The van der Waals surface area contributed by atoms with Crippen molar-refractivity contribution in [2.45, 2.75) is 6.17 Å². The van der Waals surface area contributed by atoms with Crippen LogP contribution in [0.5, 0.6) is 5.75 Å². The maximum Gasteiger partial charge on any atom is 0.707 e. The molecule has 3 heterocycles. The van der Waals surface area contributed by atoms with Crippen LogP contribution in [0.1, 0.15) is 0 Å². The van der Waals surface area contributed by atoms with Crippen LogP contribution in [0, 0.1) is 5.82 Å².